The van der Waals surface area contributed by atoms with E-state index in [4.69, 9.17) is 14.5 Å². The Balaban J connectivity index is 1.31. The highest BCUT2D eigenvalue weighted by Gasteiger charge is 2.24. The molecule has 3 heterocycles. The number of aromatic nitrogens is 2. The van der Waals surface area contributed by atoms with Crippen molar-refractivity contribution in [3.8, 4) is 22.7 Å². The van der Waals surface area contributed by atoms with Crippen LogP contribution in [0.4, 0.5) is 0 Å². The van der Waals surface area contributed by atoms with Crippen LogP contribution in [0.25, 0.3) is 16.9 Å². The minimum Gasteiger partial charge on any atom is -0.497 e. The Hall–Kier alpha value is -4.33. The first-order chi connectivity index (χ1) is 18.1. The van der Waals surface area contributed by atoms with Crippen molar-refractivity contribution in [1.29, 1.82) is 0 Å². The van der Waals surface area contributed by atoms with Crippen LogP contribution in [-0.2, 0) is 16.0 Å². The van der Waals surface area contributed by atoms with Gasteiger partial charge < -0.3 is 23.8 Å². The number of amides is 1. The second-order valence-corrected chi connectivity index (χ2v) is 8.88. The smallest absolute Gasteiger partial charge is 0.230 e. The summed E-state index contributed by atoms with van der Waals surface area (Å²) in [6, 6.07) is 17.8. The number of carbonyl (C=O) groups is 1. The summed E-state index contributed by atoms with van der Waals surface area (Å²) in [5, 5.41) is 0. The van der Waals surface area contributed by atoms with Gasteiger partial charge in [0.25, 0.3) is 0 Å². The normalized spacial score (nSPS) is 15.6. The third-order valence-corrected chi connectivity index (χ3v) is 6.64. The fraction of sp³-hybridized carbons (Fsp3) is 0.276. The number of para-hydroxylation sites is 1. The Kier molecular flexibility index (Phi) is 7.35. The lowest BCUT2D eigenvalue weighted by atomic mass is 10.1. The van der Waals surface area contributed by atoms with Gasteiger partial charge >= 0.3 is 0 Å². The number of methoxy groups -OCH3 is 2. The Bertz CT molecular complexity index is 1320. The second-order valence-electron chi connectivity index (χ2n) is 8.88. The molecule has 0 spiro atoms. The number of nitrogens with zero attached hydrogens (tertiary/aromatic N) is 5. The fourth-order valence-corrected chi connectivity index (χ4v) is 4.59. The van der Waals surface area contributed by atoms with Gasteiger partial charge in [-0.15, -0.1) is 0 Å². The number of aliphatic imine (C=N–C) groups is 1. The molecule has 2 aliphatic heterocycles. The van der Waals surface area contributed by atoms with Crippen LogP contribution in [0.3, 0.4) is 0 Å². The van der Waals surface area contributed by atoms with E-state index in [1.54, 1.807) is 14.2 Å². The fourth-order valence-electron chi connectivity index (χ4n) is 4.59. The van der Waals surface area contributed by atoms with Gasteiger partial charge in [-0.05, 0) is 36.4 Å². The van der Waals surface area contributed by atoms with Crippen molar-refractivity contribution in [2.75, 3.05) is 40.4 Å². The van der Waals surface area contributed by atoms with Gasteiger partial charge in [-0.2, -0.15) is 0 Å². The maximum atomic E-state index is 13.4. The number of allylic oxidation sites excluding steroid dienone is 2. The SMILES string of the molecule is COC1=CC(N2CCN(C(=O)Cc3nc(-c4ccc(OC)cc4)cn3-c3ccccc3)CC2)=CCC=N1. The molecule has 37 heavy (non-hydrogen) atoms. The molecule has 1 fully saturated rings. The van der Waals surface area contributed by atoms with Crippen LogP contribution in [-0.4, -0.2) is 71.9 Å². The Morgan fingerprint density at radius 3 is 2.41 bits per heavy atom. The van der Waals surface area contributed by atoms with Crippen LogP contribution in [0.5, 0.6) is 5.75 Å². The summed E-state index contributed by atoms with van der Waals surface area (Å²) in [5.74, 6) is 2.19. The number of carbonyl (C=O) groups excluding carboxylic acids is 1. The molecule has 190 valence electrons. The summed E-state index contributed by atoms with van der Waals surface area (Å²) in [6.45, 7) is 2.83. The largest absolute Gasteiger partial charge is 0.497 e. The van der Waals surface area contributed by atoms with Crippen molar-refractivity contribution in [2.24, 2.45) is 4.99 Å². The van der Waals surface area contributed by atoms with Gasteiger partial charge in [0.1, 0.15) is 11.6 Å². The summed E-state index contributed by atoms with van der Waals surface area (Å²) < 4.78 is 12.6. The number of hydrogen-bond donors (Lipinski definition) is 0. The molecule has 3 aromatic rings. The van der Waals surface area contributed by atoms with E-state index < -0.39 is 0 Å². The molecule has 0 atom stereocenters. The second kappa shape index (κ2) is 11.2. The average molecular weight is 498 g/mol. The lowest BCUT2D eigenvalue weighted by Crippen LogP contribution is -2.48. The summed E-state index contributed by atoms with van der Waals surface area (Å²) >= 11 is 0. The maximum Gasteiger partial charge on any atom is 0.230 e. The molecule has 2 aromatic carbocycles. The van der Waals surface area contributed by atoms with E-state index in [2.05, 4.69) is 16.0 Å². The average Bonchev–Trinajstić information content (AvgIpc) is 3.22. The topological polar surface area (TPSA) is 72.2 Å². The third kappa shape index (κ3) is 5.58. The number of piperazine rings is 1. The van der Waals surface area contributed by atoms with E-state index in [1.165, 1.54) is 0 Å². The first-order valence-electron chi connectivity index (χ1n) is 12.4. The minimum atomic E-state index is 0.0787. The number of rotatable bonds is 7. The molecule has 0 bridgehead atoms. The van der Waals surface area contributed by atoms with E-state index in [1.807, 2.05) is 82.6 Å². The number of ether oxygens (including phenoxy) is 2. The van der Waals surface area contributed by atoms with Gasteiger partial charge in [-0.25, -0.2) is 9.98 Å². The van der Waals surface area contributed by atoms with Gasteiger partial charge in [0, 0.05) is 68.0 Å². The first-order valence-corrected chi connectivity index (χ1v) is 12.4. The number of imidazole rings is 1. The molecule has 0 saturated carbocycles. The van der Waals surface area contributed by atoms with E-state index in [0.717, 1.165) is 53.7 Å². The van der Waals surface area contributed by atoms with Gasteiger partial charge in [0.05, 0.1) is 26.3 Å². The lowest BCUT2D eigenvalue weighted by Gasteiger charge is -2.36. The minimum absolute atomic E-state index is 0.0787. The Morgan fingerprint density at radius 1 is 0.946 bits per heavy atom. The Morgan fingerprint density at radius 2 is 1.70 bits per heavy atom. The molecular formula is C29H31N5O3. The van der Waals surface area contributed by atoms with Crippen LogP contribution in [0.1, 0.15) is 12.2 Å². The highest BCUT2D eigenvalue weighted by molar-refractivity contribution is 5.78. The molecule has 1 saturated heterocycles. The van der Waals surface area contributed by atoms with Crippen molar-refractivity contribution in [3.05, 3.63) is 90.4 Å². The first kappa shape index (κ1) is 24.4. The third-order valence-electron chi connectivity index (χ3n) is 6.64. The van der Waals surface area contributed by atoms with Crippen molar-refractivity contribution in [1.82, 2.24) is 19.4 Å². The van der Waals surface area contributed by atoms with Crippen LogP contribution < -0.4 is 4.74 Å². The van der Waals surface area contributed by atoms with Crippen molar-refractivity contribution in [3.63, 3.8) is 0 Å². The summed E-state index contributed by atoms with van der Waals surface area (Å²) in [5.41, 5.74) is 3.86. The number of hydrogen-bond acceptors (Lipinski definition) is 6. The quantitative estimate of drug-likeness (QED) is 0.492. The van der Waals surface area contributed by atoms with Crippen molar-refractivity contribution >= 4 is 12.1 Å². The van der Waals surface area contributed by atoms with Gasteiger partial charge in [-0.3, -0.25) is 4.79 Å². The molecule has 8 nitrogen and oxygen atoms in total. The lowest BCUT2D eigenvalue weighted by molar-refractivity contribution is -0.132. The monoisotopic (exact) mass is 497 g/mol. The number of benzene rings is 2. The van der Waals surface area contributed by atoms with E-state index in [0.29, 0.717) is 19.0 Å². The summed E-state index contributed by atoms with van der Waals surface area (Å²) in [6.07, 6.45) is 8.93. The highest BCUT2D eigenvalue weighted by atomic mass is 16.5. The summed E-state index contributed by atoms with van der Waals surface area (Å²) in [7, 11) is 3.28. The molecule has 1 aromatic heterocycles. The van der Waals surface area contributed by atoms with E-state index in [-0.39, 0.29) is 12.3 Å². The Labute approximate surface area is 217 Å². The van der Waals surface area contributed by atoms with E-state index in [9.17, 15) is 4.79 Å². The molecule has 0 N–H and O–H groups in total. The predicted octanol–water partition coefficient (Wildman–Crippen LogP) is 4.08. The standard InChI is InChI=1S/C29H31N5O3/c1-36-25-12-10-22(11-13-25)26-21-34(23-7-4-3-5-8-23)27(31-26)20-29(35)33-17-15-32(16-18-33)24-9-6-14-30-28(19-24)37-2/h3-5,7-14,19,21H,6,15-18,20H2,1-2H3. The van der Waals surface area contributed by atoms with Crippen LogP contribution >= 0.6 is 0 Å². The molecule has 1 amide bonds. The molecule has 5 rings (SSSR count). The zero-order valence-corrected chi connectivity index (χ0v) is 21.2. The zero-order chi connectivity index (χ0) is 25.6. The van der Waals surface area contributed by atoms with Crippen LogP contribution in [0.2, 0.25) is 0 Å². The molecule has 0 unspecified atom stereocenters. The molecule has 8 heteroatoms. The van der Waals surface area contributed by atoms with Crippen LogP contribution in [0.15, 0.2) is 89.5 Å². The van der Waals surface area contributed by atoms with Gasteiger partial charge in [0.15, 0.2) is 0 Å². The van der Waals surface area contributed by atoms with Gasteiger partial charge in [0.2, 0.25) is 11.8 Å². The predicted molar refractivity (Wildman–Crippen MR) is 144 cm³/mol. The van der Waals surface area contributed by atoms with Crippen molar-refractivity contribution in [2.45, 2.75) is 12.8 Å². The van der Waals surface area contributed by atoms with Crippen LogP contribution in [0, 0.1) is 0 Å². The zero-order valence-electron chi connectivity index (χ0n) is 21.2. The molecule has 2 aliphatic rings. The summed E-state index contributed by atoms with van der Waals surface area (Å²) in [4.78, 5) is 26.8. The molecule has 0 radical (unpaired) electrons. The maximum absolute atomic E-state index is 13.4. The molecular weight excluding hydrogens is 466 g/mol. The van der Waals surface area contributed by atoms with Gasteiger partial charge in [-0.1, -0.05) is 24.3 Å². The van der Waals surface area contributed by atoms with Crippen molar-refractivity contribution < 1.29 is 14.3 Å². The molecule has 0 aliphatic carbocycles. The van der Waals surface area contributed by atoms with E-state index >= 15 is 0 Å². The highest BCUT2D eigenvalue weighted by Crippen LogP contribution is 2.25.